The van der Waals surface area contributed by atoms with E-state index < -0.39 is 15.9 Å². The molecule has 0 saturated heterocycles. The smallest absolute Gasteiger partial charge is 0.264 e. The molecule has 1 aromatic heterocycles. The molecule has 0 saturated carbocycles. The van der Waals surface area contributed by atoms with Crippen molar-refractivity contribution < 1.29 is 22.4 Å². The number of sulfonamides is 1. The average molecular weight is 419 g/mol. The van der Waals surface area contributed by atoms with Gasteiger partial charge in [-0.1, -0.05) is 23.9 Å². The lowest BCUT2D eigenvalue weighted by atomic mass is 10.3. The molecule has 0 radical (unpaired) electrons. The van der Waals surface area contributed by atoms with Crippen LogP contribution in [0.3, 0.4) is 0 Å². The highest BCUT2D eigenvalue weighted by molar-refractivity contribution is 7.99. The monoisotopic (exact) mass is 419 g/mol. The number of benzene rings is 2. The Morgan fingerprint density at radius 3 is 2.50 bits per heavy atom. The number of oxazole rings is 1. The van der Waals surface area contributed by atoms with E-state index in [1.54, 1.807) is 0 Å². The number of anilines is 1. The Morgan fingerprint density at radius 2 is 1.82 bits per heavy atom. The highest BCUT2D eigenvalue weighted by Gasteiger charge is 2.15. The molecule has 0 bridgehead atoms. The van der Waals surface area contributed by atoms with Gasteiger partial charge in [0.15, 0.2) is 5.58 Å². The molecule has 10 heteroatoms. The minimum Gasteiger partial charge on any atom is -0.431 e. The molecule has 2 aromatic carbocycles. The summed E-state index contributed by atoms with van der Waals surface area (Å²) < 4.78 is 31.2. The summed E-state index contributed by atoms with van der Waals surface area (Å²) in [7, 11) is -3.89. The molecule has 0 unspecified atom stereocenters. The van der Waals surface area contributed by atoms with Crippen LogP contribution < -0.4 is 10.0 Å². The number of para-hydroxylation sites is 2. The fraction of sp³-hybridized carbons (Fsp3) is 0.167. The Morgan fingerprint density at radius 1 is 1.11 bits per heavy atom. The maximum atomic E-state index is 12.1. The zero-order valence-corrected chi connectivity index (χ0v) is 16.5. The van der Waals surface area contributed by atoms with Crippen LogP contribution >= 0.6 is 11.8 Å². The Hall–Kier alpha value is -2.85. The van der Waals surface area contributed by atoms with Gasteiger partial charge in [0, 0.05) is 24.8 Å². The van der Waals surface area contributed by atoms with Crippen LogP contribution in [0.15, 0.2) is 63.1 Å². The van der Waals surface area contributed by atoms with Crippen molar-refractivity contribution in [3.05, 3.63) is 48.5 Å². The van der Waals surface area contributed by atoms with Crippen LogP contribution in [0.1, 0.15) is 13.3 Å². The second-order valence-corrected chi connectivity index (χ2v) is 8.51. The molecule has 8 nitrogen and oxygen atoms in total. The van der Waals surface area contributed by atoms with E-state index in [0.717, 1.165) is 12.4 Å². The lowest BCUT2D eigenvalue weighted by Gasteiger charge is -2.07. The number of rotatable bonds is 7. The maximum Gasteiger partial charge on any atom is 0.264 e. The Bertz CT molecular complexity index is 1070. The number of nitrogens with one attached hydrogen (secondary N) is 2. The standard InChI is InChI=1S/C18H17N3O5S2/c1-12(22)21-28(24,25)14-8-6-13(7-9-14)19-17(23)10-11-27-18-20-15-4-2-3-5-16(15)26-18/h2-9H,10-11H2,1H3,(H,19,23)(H,21,22). The number of aromatic nitrogens is 1. The van der Waals surface area contributed by atoms with Crippen LogP contribution in [0.4, 0.5) is 5.69 Å². The van der Waals surface area contributed by atoms with E-state index in [4.69, 9.17) is 4.42 Å². The van der Waals surface area contributed by atoms with Crippen LogP contribution in [0, 0.1) is 0 Å². The summed E-state index contributed by atoms with van der Waals surface area (Å²) in [5, 5.41) is 3.19. The van der Waals surface area contributed by atoms with Gasteiger partial charge in [-0.2, -0.15) is 0 Å². The number of nitrogens with zero attached hydrogens (tertiary/aromatic N) is 1. The van der Waals surface area contributed by atoms with E-state index >= 15 is 0 Å². The summed E-state index contributed by atoms with van der Waals surface area (Å²) in [4.78, 5) is 27.3. The van der Waals surface area contributed by atoms with Gasteiger partial charge in [0.05, 0.1) is 4.90 Å². The van der Waals surface area contributed by atoms with Crippen LogP contribution in [-0.4, -0.2) is 31.0 Å². The summed E-state index contributed by atoms with van der Waals surface area (Å²) >= 11 is 1.34. The topological polar surface area (TPSA) is 118 Å². The molecule has 3 rings (SSSR count). The number of carbonyl (C=O) groups excluding carboxylic acids is 2. The molecular weight excluding hydrogens is 402 g/mol. The lowest BCUT2D eigenvalue weighted by Crippen LogP contribution is -2.28. The summed E-state index contributed by atoms with van der Waals surface area (Å²) in [6.07, 6.45) is 0.231. The van der Waals surface area contributed by atoms with Crippen LogP contribution in [0.5, 0.6) is 0 Å². The van der Waals surface area contributed by atoms with Crippen molar-refractivity contribution >= 4 is 50.4 Å². The van der Waals surface area contributed by atoms with Crippen molar-refractivity contribution in [3.63, 3.8) is 0 Å². The first kappa shape index (κ1) is 19.9. The van der Waals surface area contributed by atoms with Crippen molar-refractivity contribution in [3.8, 4) is 0 Å². The molecule has 0 atom stereocenters. The van der Waals surface area contributed by atoms with E-state index in [-0.39, 0.29) is 17.2 Å². The quantitative estimate of drug-likeness (QED) is 0.565. The van der Waals surface area contributed by atoms with Crippen molar-refractivity contribution in [2.45, 2.75) is 23.5 Å². The van der Waals surface area contributed by atoms with Gasteiger partial charge in [-0.15, -0.1) is 0 Å². The zero-order valence-electron chi connectivity index (χ0n) is 14.8. The van der Waals surface area contributed by atoms with E-state index in [1.165, 1.54) is 36.0 Å². The van der Waals surface area contributed by atoms with Gasteiger partial charge in [-0.3, -0.25) is 9.59 Å². The van der Waals surface area contributed by atoms with Gasteiger partial charge >= 0.3 is 0 Å². The normalized spacial score (nSPS) is 11.3. The van der Waals surface area contributed by atoms with Gasteiger partial charge in [0.25, 0.3) is 15.2 Å². The fourth-order valence-electron chi connectivity index (χ4n) is 2.33. The van der Waals surface area contributed by atoms with Gasteiger partial charge < -0.3 is 9.73 Å². The highest BCUT2D eigenvalue weighted by Crippen LogP contribution is 2.23. The number of thioether (sulfide) groups is 1. The molecule has 2 N–H and O–H groups in total. The van der Waals surface area contributed by atoms with Crippen LogP contribution in [0.25, 0.3) is 11.1 Å². The molecule has 0 aliphatic carbocycles. The minimum atomic E-state index is -3.89. The largest absolute Gasteiger partial charge is 0.431 e. The van der Waals surface area contributed by atoms with Gasteiger partial charge in [0.2, 0.25) is 11.8 Å². The molecule has 28 heavy (non-hydrogen) atoms. The van der Waals surface area contributed by atoms with Crippen LogP contribution in [-0.2, 0) is 19.6 Å². The maximum absolute atomic E-state index is 12.1. The first-order valence-corrected chi connectivity index (χ1v) is 10.7. The van der Waals surface area contributed by atoms with E-state index in [0.29, 0.717) is 22.2 Å². The molecule has 3 aromatic rings. The second-order valence-electron chi connectivity index (χ2n) is 5.78. The molecule has 2 amide bonds. The van der Waals surface area contributed by atoms with Crippen molar-refractivity contribution in [1.29, 1.82) is 0 Å². The van der Waals surface area contributed by atoms with Gasteiger partial charge in [-0.25, -0.2) is 18.1 Å². The fourth-order valence-corrected chi connectivity index (χ4v) is 4.10. The summed E-state index contributed by atoms with van der Waals surface area (Å²) in [5.74, 6) is -0.414. The summed E-state index contributed by atoms with van der Waals surface area (Å²) in [5.41, 5.74) is 1.92. The average Bonchev–Trinajstić information content (AvgIpc) is 3.04. The first-order chi connectivity index (χ1) is 13.3. The van der Waals surface area contributed by atoms with Gasteiger partial charge in [-0.05, 0) is 36.4 Å². The number of amides is 2. The summed E-state index contributed by atoms with van der Waals surface area (Å²) in [6, 6.07) is 13.0. The third kappa shape index (κ3) is 5.11. The molecule has 0 aliphatic rings. The Balaban J connectivity index is 1.51. The summed E-state index contributed by atoms with van der Waals surface area (Å²) in [6.45, 7) is 1.12. The number of hydrogen-bond donors (Lipinski definition) is 2. The third-order valence-electron chi connectivity index (χ3n) is 3.56. The molecule has 0 fully saturated rings. The predicted octanol–water partition coefficient (Wildman–Crippen LogP) is 2.77. The molecule has 0 spiro atoms. The third-order valence-corrected chi connectivity index (χ3v) is 5.83. The number of fused-ring (bicyclic) bond motifs is 1. The van der Waals surface area contributed by atoms with Gasteiger partial charge in [0.1, 0.15) is 5.52 Å². The second kappa shape index (κ2) is 8.44. The van der Waals surface area contributed by atoms with Crippen molar-refractivity contribution in [2.75, 3.05) is 11.1 Å². The molecule has 0 aliphatic heterocycles. The lowest BCUT2D eigenvalue weighted by molar-refractivity contribution is -0.117. The first-order valence-electron chi connectivity index (χ1n) is 8.25. The molecule has 1 heterocycles. The Kier molecular flexibility index (Phi) is 6.00. The zero-order chi connectivity index (χ0) is 20.1. The van der Waals surface area contributed by atoms with Crippen molar-refractivity contribution in [1.82, 2.24) is 9.71 Å². The number of hydrogen-bond acceptors (Lipinski definition) is 7. The van der Waals surface area contributed by atoms with Crippen molar-refractivity contribution in [2.24, 2.45) is 0 Å². The van der Waals surface area contributed by atoms with E-state index in [1.807, 2.05) is 29.0 Å². The molecular formula is C18H17N3O5S2. The van der Waals surface area contributed by atoms with Crippen LogP contribution in [0.2, 0.25) is 0 Å². The Labute approximate surface area is 165 Å². The van der Waals surface area contributed by atoms with E-state index in [2.05, 4.69) is 10.3 Å². The highest BCUT2D eigenvalue weighted by atomic mass is 32.2. The predicted molar refractivity (Wildman–Crippen MR) is 105 cm³/mol. The number of carbonyl (C=O) groups is 2. The minimum absolute atomic E-state index is 0.0628. The van der Waals surface area contributed by atoms with E-state index in [9.17, 15) is 18.0 Å². The molecule has 146 valence electrons. The SMILES string of the molecule is CC(=O)NS(=O)(=O)c1ccc(NC(=O)CCSc2nc3ccccc3o2)cc1.